The van der Waals surface area contributed by atoms with Crippen molar-refractivity contribution in [2.24, 2.45) is 0 Å². The Morgan fingerprint density at radius 3 is 2.31 bits per heavy atom. The molecular weight excluding hydrogens is 460 g/mol. The molecular formula is C28H38N2O4S. The molecule has 1 aliphatic heterocycles. The Morgan fingerprint density at radius 2 is 1.66 bits per heavy atom. The number of hydrogen-bond donors (Lipinski definition) is 1. The van der Waals surface area contributed by atoms with Crippen LogP contribution in [0.1, 0.15) is 61.8 Å². The first kappa shape index (κ1) is 25.9. The fourth-order valence-corrected chi connectivity index (χ4v) is 8.04. The number of sulfone groups is 1. The number of morpholine rings is 1. The van der Waals surface area contributed by atoms with Crippen LogP contribution in [0.3, 0.4) is 0 Å². The lowest BCUT2D eigenvalue weighted by atomic mass is 10.0. The van der Waals surface area contributed by atoms with Gasteiger partial charge in [0.05, 0.1) is 17.1 Å². The highest BCUT2D eigenvalue weighted by Crippen LogP contribution is 2.42. The molecule has 4 rings (SSSR count). The lowest BCUT2D eigenvalue weighted by Gasteiger charge is -2.35. The fraction of sp³-hybridized carbons (Fsp3) is 0.536. The number of nitrogens with zero attached hydrogens (tertiary/aromatic N) is 1. The molecule has 190 valence electrons. The Morgan fingerprint density at radius 1 is 1.03 bits per heavy atom. The molecule has 0 aromatic heterocycles. The van der Waals surface area contributed by atoms with Crippen LogP contribution in [0.2, 0.25) is 0 Å². The maximum atomic E-state index is 13.9. The molecule has 2 unspecified atom stereocenters. The molecule has 0 spiro atoms. The summed E-state index contributed by atoms with van der Waals surface area (Å²) in [5, 5.41) is 3.03. The maximum absolute atomic E-state index is 13.9. The SMILES string of the molecule is Cc1ccc(C)c(S(=O)(=O)C2(C(=O)NCc3ccccc3CN3CC(C)OC(C)C3)CCCC2)c1. The van der Waals surface area contributed by atoms with Gasteiger partial charge in [0.15, 0.2) is 14.6 Å². The van der Waals surface area contributed by atoms with Gasteiger partial charge in [0.25, 0.3) is 0 Å². The number of hydrogen-bond acceptors (Lipinski definition) is 5. The van der Waals surface area contributed by atoms with Crippen molar-refractivity contribution in [2.45, 2.75) is 88.3 Å². The van der Waals surface area contributed by atoms with Crippen LogP contribution in [0.5, 0.6) is 0 Å². The van der Waals surface area contributed by atoms with Gasteiger partial charge in [-0.15, -0.1) is 0 Å². The number of benzene rings is 2. The van der Waals surface area contributed by atoms with E-state index in [9.17, 15) is 13.2 Å². The first-order chi connectivity index (χ1) is 16.6. The highest BCUT2D eigenvalue weighted by Gasteiger charge is 2.53. The topological polar surface area (TPSA) is 75.7 Å². The van der Waals surface area contributed by atoms with Crippen molar-refractivity contribution in [3.8, 4) is 0 Å². The van der Waals surface area contributed by atoms with Crippen molar-refractivity contribution in [1.29, 1.82) is 0 Å². The van der Waals surface area contributed by atoms with E-state index in [4.69, 9.17) is 4.74 Å². The summed E-state index contributed by atoms with van der Waals surface area (Å²) in [6, 6.07) is 13.5. The summed E-state index contributed by atoms with van der Waals surface area (Å²) in [6.07, 6.45) is 2.56. The van der Waals surface area contributed by atoms with E-state index in [0.717, 1.165) is 49.2 Å². The van der Waals surface area contributed by atoms with E-state index < -0.39 is 14.6 Å². The zero-order valence-corrected chi connectivity index (χ0v) is 22.2. The van der Waals surface area contributed by atoms with E-state index in [0.29, 0.717) is 24.9 Å². The molecule has 2 aliphatic rings. The third kappa shape index (κ3) is 5.32. The molecule has 2 aromatic rings. The summed E-state index contributed by atoms with van der Waals surface area (Å²) in [7, 11) is -3.84. The van der Waals surface area contributed by atoms with Gasteiger partial charge in [-0.05, 0) is 68.9 Å². The van der Waals surface area contributed by atoms with Gasteiger partial charge < -0.3 is 10.1 Å². The molecule has 1 aliphatic carbocycles. The fourth-order valence-electron chi connectivity index (χ4n) is 5.65. The minimum atomic E-state index is -3.84. The average Bonchev–Trinajstić information content (AvgIpc) is 3.31. The smallest absolute Gasteiger partial charge is 0.242 e. The highest BCUT2D eigenvalue weighted by molar-refractivity contribution is 7.93. The first-order valence-electron chi connectivity index (χ1n) is 12.7. The summed E-state index contributed by atoms with van der Waals surface area (Å²) in [5.41, 5.74) is 3.73. The van der Waals surface area contributed by atoms with Crippen molar-refractivity contribution in [3.05, 3.63) is 64.7 Å². The molecule has 6 nitrogen and oxygen atoms in total. The van der Waals surface area contributed by atoms with Crippen LogP contribution in [0.4, 0.5) is 0 Å². The van der Waals surface area contributed by atoms with Crippen LogP contribution < -0.4 is 5.32 Å². The lowest BCUT2D eigenvalue weighted by Crippen LogP contribution is -2.50. The predicted molar refractivity (Wildman–Crippen MR) is 138 cm³/mol. The van der Waals surface area contributed by atoms with Gasteiger partial charge in [-0.3, -0.25) is 9.69 Å². The van der Waals surface area contributed by atoms with E-state index in [1.165, 1.54) is 0 Å². The minimum Gasteiger partial charge on any atom is -0.373 e. The third-order valence-electron chi connectivity index (χ3n) is 7.42. The second-order valence-corrected chi connectivity index (χ2v) is 12.6. The van der Waals surface area contributed by atoms with Crippen molar-refractivity contribution in [2.75, 3.05) is 13.1 Å². The Kier molecular flexibility index (Phi) is 7.69. The molecule has 1 saturated carbocycles. The summed E-state index contributed by atoms with van der Waals surface area (Å²) in [4.78, 5) is 16.3. The van der Waals surface area contributed by atoms with Crippen molar-refractivity contribution >= 4 is 15.7 Å². The van der Waals surface area contributed by atoms with Crippen molar-refractivity contribution in [3.63, 3.8) is 0 Å². The zero-order valence-electron chi connectivity index (χ0n) is 21.3. The third-order valence-corrected chi connectivity index (χ3v) is 10.1. The van der Waals surface area contributed by atoms with Gasteiger partial charge in [0, 0.05) is 26.2 Å². The van der Waals surface area contributed by atoms with Crippen LogP contribution in [0, 0.1) is 13.8 Å². The number of amides is 1. The van der Waals surface area contributed by atoms with E-state index in [-0.39, 0.29) is 23.0 Å². The molecule has 0 radical (unpaired) electrons. The Bertz CT molecular complexity index is 1160. The second-order valence-electron chi connectivity index (χ2n) is 10.4. The van der Waals surface area contributed by atoms with Crippen LogP contribution in [0.15, 0.2) is 47.4 Å². The van der Waals surface area contributed by atoms with E-state index >= 15 is 0 Å². The summed E-state index contributed by atoms with van der Waals surface area (Å²) >= 11 is 0. The normalized spacial score (nSPS) is 22.7. The molecule has 35 heavy (non-hydrogen) atoms. The van der Waals surface area contributed by atoms with Crippen LogP contribution >= 0.6 is 0 Å². The quantitative estimate of drug-likeness (QED) is 0.616. The number of rotatable bonds is 7. The second kappa shape index (κ2) is 10.4. The molecule has 2 fully saturated rings. The van der Waals surface area contributed by atoms with E-state index in [1.54, 1.807) is 13.0 Å². The number of nitrogens with one attached hydrogen (secondary N) is 1. The minimum absolute atomic E-state index is 0.183. The van der Waals surface area contributed by atoms with Gasteiger partial charge in [-0.2, -0.15) is 0 Å². The molecule has 2 atom stereocenters. The van der Waals surface area contributed by atoms with Gasteiger partial charge in [-0.25, -0.2) is 8.42 Å². The largest absolute Gasteiger partial charge is 0.373 e. The molecule has 1 saturated heterocycles. The summed E-state index contributed by atoms with van der Waals surface area (Å²) in [5.74, 6) is -0.376. The number of ether oxygens (including phenoxy) is 1. The lowest BCUT2D eigenvalue weighted by molar-refractivity contribution is -0.123. The highest BCUT2D eigenvalue weighted by atomic mass is 32.2. The van der Waals surface area contributed by atoms with Gasteiger partial charge >= 0.3 is 0 Å². The summed E-state index contributed by atoms with van der Waals surface area (Å²) < 4.78 is 32.2. The van der Waals surface area contributed by atoms with Crippen molar-refractivity contribution in [1.82, 2.24) is 10.2 Å². The Labute approximate surface area is 210 Å². The van der Waals surface area contributed by atoms with Crippen LogP contribution in [-0.2, 0) is 32.5 Å². The molecule has 0 bridgehead atoms. The maximum Gasteiger partial charge on any atom is 0.242 e. The molecule has 1 N–H and O–H groups in total. The Hall–Kier alpha value is -2.22. The van der Waals surface area contributed by atoms with E-state index in [1.807, 2.05) is 37.3 Å². The van der Waals surface area contributed by atoms with Gasteiger partial charge in [0.1, 0.15) is 0 Å². The van der Waals surface area contributed by atoms with Crippen molar-refractivity contribution < 1.29 is 17.9 Å². The summed E-state index contributed by atoms with van der Waals surface area (Å²) in [6.45, 7) is 10.7. The van der Waals surface area contributed by atoms with Crippen LogP contribution in [0.25, 0.3) is 0 Å². The monoisotopic (exact) mass is 498 g/mol. The molecule has 1 amide bonds. The molecule has 2 aromatic carbocycles. The van der Waals surface area contributed by atoms with Crippen LogP contribution in [-0.4, -0.2) is 49.3 Å². The Balaban J connectivity index is 1.54. The average molecular weight is 499 g/mol. The molecule has 1 heterocycles. The van der Waals surface area contributed by atoms with Gasteiger partial charge in [0.2, 0.25) is 5.91 Å². The van der Waals surface area contributed by atoms with Gasteiger partial charge in [-0.1, -0.05) is 49.2 Å². The standard InChI is InChI=1S/C28H38N2O4S/c1-20-11-12-21(2)26(15-20)35(32,33)28(13-7-8-14-28)27(31)29-16-24-9-5-6-10-25(24)19-30-17-22(3)34-23(4)18-30/h5-6,9-12,15,22-23H,7-8,13-14,16-19H2,1-4H3,(H,29,31). The number of aryl methyl sites for hydroxylation is 2. The number of carbonyl (C=O) groups excluding carboxylic acids is 1. The number of carbonyl (C=O) groups is 1. The molecule has 7 heteroatoms. The zero-order chi connectivity index (χ0) is 25.2. The first-order valence-corrected chi connectivity index (χ1v) is 14.2. The predicted octanol–water partition coefficient (Wildman–Crippen LogP) is 4.32. The van der Waals surface area contributed by atoms with E-state index in [2.05, 4.69) is 30.1 Å².